The molecule has 0 spiro atoms. The average Bonchev–Trinajstić information content (AvgIpc) is 2.89. The number of nitriles is 1. The summed E-state index contributed by atoms with van der Waals surface area (Å²) in [5.74, 6) is 0.151. The second-order valence-electron chi connectivity index (χ2n) is 7.52. The van der Waals surface area contributed by atoms with Crippen LogP contribution in [0.5, 0.6) is 0 Å². The average molecular weight is 442 g/mol. The van der Waals surface area contributed by atoms with E-state index in [2.05, 4.69) is 31.5 Å². The van der Waals surface area contributed by atoms with E-state index in [0.29, 0.717) is 11.3 Å². The number of hydrogen-bond donors (Lipinski definition) is 2. The van der Waals surface area contributed by atoms with Crippen molar-refractivity contribution < 1.29 is 0 Å². The van der Waals surface area contributed by atoms with Crippen LogP contribution < -0.4 is 11.0 Å². The van der Waals surface area contributed by atoms with Crippen molar-refractivity contribution in [1.29, 1.82) is 5.26 Å². The first-order valence-electron chi connectivity index (χ1n) is 10.6. The van der Waals surface area contributed by atoms with Gasteiger partial charge in [-0.25, -0.2) is 10.4 Å². The number of para-hydroxylation sites is 1. The summed E-state index contributed by atoms with van der Waals surface area (Å²) in [6, 6.07) is 29.0. The Morgan fingerprint density at radius 2 is 1.68 bits per heavy atom. The molecule has 0 aliphatic rings. The number of fused-ring (bicyclic) bond motifs is 1. The molecule has 2 aromatic heterocycles. The molecule has 5 aromatic rings. The van der Waals surface area contributed by atoms with Gasteiger partial charge in [-0.05, 0) is 23.3 Å². The Kier molecular flexibility index (Phi) is 5.62. The molecule has 0 aliphatic carbocycles. The first kappa shape index (κ1) is 20.8. The van der Waals surface area contributed by atoms with E-state index in [1.807, 2.05) is 79.0 Å². The maximum Gasteiger partial charge on any atom is 0.270 e. The van der Waals surface area contributed by atoms with E-state index >= 15 is 0 Å². The number of benzene rings is 3. The molecule has 0 fully saturated rings. The minimum Gasteiger partial charge on any atom is -0.290 e. The normalized spacial score (nSPS) is 10.9. The Labute approximate surface area is 195 Å². The molecule has 0 radical (unpaired) electrons. The van der Waals surface area contributed by atoms with Crippen LogP contribution in [-0.2, 0) is 0 Å². The molecule has 0 amide bonds. The molecule has 2 N–H and O–H groups in total. The number of aromatic nitrogens is 3. The van der Waals surface area contributed by atoms with Crippen molar-refractivity contribution in [1.82, 2.24) is 15.0 Å². The molecule has 2 heterocycles. The number of hydrazone groups is 1. The van der Waals surface area contributed by atoms with Gasteiger partial charge in [0.25, 0.3) is 5.56 Å². The third-order valence-corrected chi connectivity index (χ3v) is 5.30. The van der Waals surface area contributed by atoms with Crippen molar-refractivity contribution >= 4 is 23.1 Å². The minimum atomic E-state index is -0.526. The maximum atomic E-state index is 12.3. The second-order valence-corrected chi connectivity index (χ2v) is 7.52. The molecule has 162 valence electrons. The van der Waals surface area contributed by atoms with Gasteiger partial charge in [0.1, 0.15) is 11.6 Å². The summed E-state index contributed by atoms with van der Waals surface area (Å²) in [5.41, 5.74) is 7.07. The fraction of sp³-hybridized carbons (Fsp3) is 0. The SMILES string of the molecule is N#Cc1c(-c2ccccc2)nc(NN=Cc2ccc(-c3cnc4ccccc4c3)cc2)[nH]c1=O. The van der Waals surface area contributed by atoms with E-state index < -0.39 is 5.56 Å². The molecule has 0 saturated carbocycles. The van der Waals surface area contributed by atoms with Gasteiger partial charge in [0, 0.05) is 22.7 Å². The summed E-state index contributed by atoms with van der Waals surface area (Å²) >= 11 is 0. The summed E-state index contributed by atoms with van der Waals surface area (Å²) < 4.78 is 0. The third-order valence-electron chi connectivity index (χ3n) is 5.30. The van der Waals surface area contributed by atoms with Crippen LogP contribution in [0.2, 0.25) is 0 Å². The highest BCUT2D eigenvalue weighted by Gasteiger charge is 2.12. The lowest BCUT2D eigenvalue weighted by molar-refractivity contribution is 1.08. The van der Waals surface area contributed by atoms with Crippen molar-refractivity contribution in [2.75, 3.05) is 5.43 Å². The minimum absolute atomic E-state index is 0.0421. The van der Waals surface area contributed by atoms with Crippen LogP contribution >= 0.6 is 0 Å². The smallest absolute Gasteiger partial charge is 0.270 e. The highest BCUT2D eigenvalue weighted by atomic mass is 16.1. The van der Waals surface area contributed by atoms with Gasteiger partial charge in [0.05, 0.1) is 17.4 Å². The van der Waals surface area contributed by atoms with E-state index in [1.165, 1.54) is 0 Å². The van der Waals surface area contributed by atoms with Crippen LogP contribution in [0.25, 0.3) is 33.3 Å². The van der Waals surface area contributed by atoms with Gasteiger partial charge < -0.3 is 0 Å². The number of H-pyrrole nitrogens is 1. The number of nitrogens with zero attached hydrogens (tertiary/aromatic N) is 4. The van der Waals surface area contributed by atoms with Crippen LogP contribution in [0.3, 0.4) is 0 Å². The maximum absolute atomic E-state index is 12.3. The fourth-order valence-electron chi connectivity index (χ4n) is 3.59. The highest BCUT2D eigenvalue weighted by molar-refractivity contribution is 5.85. The molecule has 0 bridgehead atoms. The first-order valence-corrected chi connectivity index (χ1v) is 10.6. The Bertz CT molecular complexity index is 1600. The Morgan fingerprint density at radius 3 is 2.47 bits per heavy atom. The summed E-state index contributed by atoms with van der Waals surface area (Å²) in [4.78, 5) is 23.8. The molecule has 0 saturated heterocycles. The molecule has 7 heteroatoms. The number of pyridine rings is 1. The molecule has 0 unspecified atom stereocenters. The number of anilines is 1. The molecule has 3 aromatic carbocycles. The van der Waals surface area contributed by atoms with Gasteiger partial charge in [-0.3, -0.25) is 14.8 Å². The van der Waals surface area contributed by atoms with Crippen molar-refractivity contribution in [3.05, 3.63) is 113 Å². The molecule has 7 nitrogen and oxygen atoms in total. The van der Waals surface area contributed by atoms with Crippen molar-refractivity contribution in [3.63, 3.8) is 0 Å². The van der Waals surface area contributed by atoms with E-state index in [0.717, 1.165) is 27.6 Å². The standard InChI is InChI=1S/C27H18N6O/c28-15-23-25(20-6-2-1-3-7-20)31-27(32-26(23)34)33-30-16-18-10-12-19(13-11-18)22-14-21-8-4-5-9-24(21)29-17-22/h1-14,16-17H,(H2,31,32,33,34). The molecule has 34 heavy (non-hydrogen) atoms. The van der Waals surface area contributed by atoms with Crippen LogP contribution in [0.15, 0.2) is 101 Å². The lowest BCUT2D eigenvalue weighted by atomic mass is 10.0. The third kappa shape index (κ3) is 4.29. The number of rotatable bonds is 5. The van der Waals surface area contributed by atoms with E-state index in [4.69, 9.17) is 0 Å². The summed E-state index contributed by atoms with van der Waals surface area (Å²) in [7, 11) is 0. The predicted octanol–water partition coefficient (Wildman–Crippen LogP) is 4.97. The zero-order chi connectivity index (χ0) is 23.3. The van der Waals surface area contributed by atoms with Gasteiger partial charge in [-0.2, -0.15) is 10.4 Å². The molecule has 0 aliphatic heterocycles. The number of hydrogen-bond acceptors (Lipinski definition) is 6. The molecule has 5 rings (SSSR count). The summed E-state index contributed by atoms with van der Waals surface area (Å²) in [5, 5.41) is 14.6. The summed E-state index contributed by atoms with van der Waals surface area (Å²) in [6.45, 7) is 0. The molecular weight excluding hydrogens is 424 g/mol. The Balaban J connectivity index is 1.34. The Morgan fingerprint density at radius 1 is 0.912 bits per heavy atom. The monoisotopic (exact) mass is 442 g/mol. The van der Waals surface area contributed by atoms with Crippen LogP contribution in [0.1, 0.15) is 11.1 Å². The van der Waals surface area contributed by atoms with Gasteiger partial charge in [0.2, 0.25) is 5.95 Å². The fourth-order valence-corrected chi connectivity index (χ4v) is 3.59. The van der Waals surface area contributed by atoms with E-state index in [1.54, 1.807) is 18.3 Å². The van der Waals surface area contributed by atoms with Crippen molar-refractivity contribution in [2.45, 2.75) is 0 Å². The van der Waals surface area contributed by atoms with Gasteiger partial charge in [0.15, 0.2) is 0 Å². The van der Waals surface area contributed by atoms with E-state index in [9.17, 15) is 10.1 Å². The predicted molar refractivity (Wildman–Crippen MR) is 133 cm³/mol. The second kappa shape index (κ2) is 9.18. The number of nitrogens with one attached hydrogen (secondary N) is 2. The molecule has 0 atom stereocenters. The number of aromatic amines is 1. The molecular formula is C27H18N6O. The van der Waals surface area contributed by atoms with Crippen LogP contribution in [-0.4, -0.2) is 21.2 Å². The van der Waals surface area contributed by atoms with Crippen molar-refractivity contribution in [2.24, 2.45) is 5.10 Å². The van der Waals surface area contributed by atoms with E-state index in [-0.39, 0.29) is 11.5 Å². The quantitative estimate of drug-likeness (QED) is 0.295. The topological polar surface area (TPSA) is 107 Å². The Hall–Kier alpha value is -5.09. The zero-order valence-corrected chi connectivity index (χ0v) is 17.9. The zero-order valence-electron chi connectivity index (χ0n) is 17.9. The van der Waals surface area contributed by atoms with Gasteiger partial charge in [-0.1, -0.05) is 72.8 Å². The van der Waals surface area contributed by atoms with Crippen LogP contribution in [0, 0.1) is 11.3 Å². The lowest BCUT2D eigenvalue weighted by Crippen LogP contribution is -2.16. The van der Waals surface area contributed by atoms with Gasteiger partial charge in [-0.15, -0.1) is 0 Å². The first-order chi connectivity index (χ1) is 16.7. The largest absolute Gasteiger partial charge is 0.290 e. The van der Waals surface area contributed by atoms with Crippen LogP contribution in [0.4, 0.5) is 5.95 Å². The lowest BCUT2D eigenvalue weighted by Gasteiger charge is -2.06. The van der Waals surface area contributed by atoms with Crippen molar-refractivity contribution in [3.8, 4) is 28.5 Å². The van der Waals surface area contributed by atoms with Gasteiger partial charge >= 0.3 is 0 Å². The summed E-state index contributed by atoms with van der Waals surface area (Å²) in [6.07, 6.45) is 3.49. The highest BCUT2D eigenvalue weighted by Crippen LogP contribution is 2.23.